The molecule has 0 aliphatic carbocycles. The van der Waals surface area contributed by atoms with Crippen molar-refractivity contribution in [1.29, 1.82) is 0 Å². The van der Waals surface area contributed by atoms with Crippen molar-refractivity contribution in [3.8, 4) is 0 Å². The lowest BCUT2D eigenvalue weighted by Gasteiger charge is -2.25. The van der Waals surface area contributed by atoms with Crippen molar-refractivity contribution >= 4 is 22.1 Å². The highest BCUT2D eigenvalue weighted by atomic mass is 79.9. The highest BCUT2D eigenvalue weighted by Crippen LogP contribution is 2.23. The molecule has 0 amide bonds. The van der Waals surface area contributed by atoms with Gasteiger partial charge in [0.25, 0.3) is 0 Å². The molecule has 0 saturated heterocycles. The van der Waals surface area contributed by atoms with Crippen molar-refractivity contribution in [2.75, 3.05) is 0 Å². The second-order valence-corrected chi connectivity index (χ2v) is 6.49. The van der Waals surface area contributed by atoms with Gasteiger partial charge in [-0.15, -0.1) is 0 Å². The summed E-state index contributed by atoms with van der Waals surface area (Å²) in [7, 11) is 0. The lowest BCUT2D eigenvalue weighted by molar-refractivity contribution is -0.00649. The van der Waals surface area contributed by atoms with E-state index in [1.54, 1.807) is 0 Å². The van der Waals surface area contributed by atoms with Crippen molar-refractivity contribution in [2.24, 2.45) is 5.92 Å². The van der Waals surface area contributed by atoms with Crippen LogP contribution in [0.3, 0.4) is 0 Å². The molecule has 0 unspecified atom stereocenters. The SMILES string of the molecule is CCCC(CCC)[C@H](CC)OC(=O)OCc1cccc(Br)c1. The number of hydrogen-bond donors (Lipinski definition) is 0. The van der Waals surface area contributed by atoms with E-state index in [0.29, 0.717) is 5.92 Å². The van der Waals surface area contributed by atoms with Gasteiger partial charge in [0, 0.05) is 4.47 Å². The number of ether oxygens (including phenoxy) is 2. The maximum atomic E-state index is 11.9. The number of hydrogen-bond acceptors (Lipinski definition) is 3. The van der Waals surface area contributed by atoms with Gasteiger partial charge in [-0.1, -0.05) is 61.7 Å². The molecule has 0 bridgehead atoms. The lowest BCUT2D eigenvalue weighted by Crippen LogP contribution is -2.27. The Kier molecular flexibility index (Phi) is 9.21. The largest absolute Gasteiger partial charge is 0.508 e. The Morgan fingerprint density at radius 3 is 2.41 bits per heavy atom. The third-order valence-corrected chi connectivity index (χ3v) is 4.23. The van der Waals surface area contributed by atoms with E-state index in [0.717, 1.165) is 42.1 Å². The molecule has 0 aliphatic rings. The quantitative estimate of drug-likeness (QED) is 0.492. The Morgan fingerprint density at radius 1 is 1.18 bits per heavy atom. The van der Waals surface area contributed by atoms with Crippen LogP contribution in [0.4, 0.5) is 4.79 Å². The van der Waals surface area contributed by atoms with Crippen LogP contribution in [-0.2, 0) is 16.1 Å². The zero-order chi connectivity index (χ0) is 16.4. The summed E-state index contributed by atoms with van der Waals surface area (Å²) in [4.78, 5) is 11.9. The summed E-state index contributed by atoms with van der Waals surface area (Å²) >= 11 is 3.40. The van der Waals surface area contributed by atoms with E-state index < -0.39 is 6.16 Å². The molecule has 1 aromatic rings. The number of rotatable bonds is 9. The molecule has 0 heterocycles. The van der Waals surface area contributed by atoms with E-state index in [9.17, 15) is 4.79 Å². The Hall–Kier alpha value is -1.03. The van der Waals surface area contributed by atoms with Gasteiger partial charge < -0.3 is 9.47 Å². The maximum Gasteiger partial charge on any atom is 0.508 e. The van der Waals surface area contributed by atoms with E-state index in [-0.39, 0.29) is 12.7 Å². The van der Waals surface area contributed by atoms with Crippen molar-refractivity contribution in [3.63, 3.8) is 0 Å². The van der Waals surface area contributed by atoms with Gasteiger partial charge in [0.2, 0.25) is 0 Å². The first kappa shape index (κ1) is 19.0. The van der Waals surface area contributed by atoms with E-state index in [2.05, 4.69) is 36.7 Å². The van der Waals surface area contributed by atoms with Crippen LogP contribution >= 0.6 is 15.9 Å². The van der Waals surface area contributed by atoms with Gasteiger partial charge in [0.1, 0.15) is 12.7 Å². The molecule has 0 saturated carbocycles. The predicted octanol–water partition coefficient (Wildman–Crippen LogP) is 6.10. The van der Waals surface area contributed by atoms with Crippen molar-refractivity contribution in [3.05, 3.63) is 34.3 Å². The molecule has 0 aliphatic heterocycles. The van der Waals surface area contributed by atoms with Crippen molar-refractivity contribution in [2.45, 2.75) is 65.6 Å². The topological polar surface area (TPSA) is 35.5 Å². The predicted molar refractivity (Wildman–Crippen MR) is 92.8 cm³/mol. The summed E-state index contributed by atoms with van der Waals surface area (Å²) in [5.41, 5.74) is 0.943. The van der Waals surface area contributed by atoms with Crippen LogP contribution in [-0.4, -0.2) is 12.3 Å². The second kappa shape index (κ2) is 10.7. The second-order valence-electron chi connectivity index (χ2n) is 5.57. The lowest BCUT2D eigenvalue weighted by atomic mass is 9.91. The van der Waals surface area contributed by atoms with Crippen LogP contribution in [0.5, 0.6) is 0 Å². The third-order valence-electron chi connectivity index (χ3n) is 3.74. The summed E-state index contributed by atoms with van der Waals surface area (Å²) in [6.07, 6.45) is 4.61. The molecule has 1 aromatic carbocycles. The summed E-state index contributed by atoms with van der Waals surface area (Å²) < 4.78 is 11.8. The number of halogens is 1. The zero-order valence-electron chi connectivity index (χ0n) is 13.8. The Balaban J connectivity index is 2.49. The first-order chi connectivity index (χ1) is 10.6. The van der Waals surface area contributed by atoms with Crippen LogP contribution < -0.4 is 0 Å². The van der Waals surface area contributed by atoms with Crippen LogP contribution in [0.15, 0.2) is 28.7 Å². The van der Waals surface area contributed by atoms with Gasteiger partial charge in [0.15, 0.2) is 0 Å². The van der Waals surface area contributed by atoms with Crippen molar-refractivity contribution < 1.29 is 14.3 Å². The number of benzene rings is 1. The molecule has 0 radical (unpaired) electrons. The van der Waals surface area contributed by atoms with Crippen LogP contribution in [0, 0.1) is 5.92 Å². The van der Waals surface area contributed by atoms with E-state index in [1.807, 2.05) is 24.3 Å². The molecule has 0 aromatic heterocycles. The van der Waals surface area contributed by atoms with Gasteiger partial charge in [-0.2, -0.15) is 0 Å². The summed E-state index contributed by atoms with van der Waals surface area (Å²) in [5, 5.41) is 0. The Bertz CT molecular complexity index is 442. The molecule has 1 rings (SSSR count). The molecule has 4 heteroatoms. The molecule has 1 atom stereocenters. The van der Waals surface area contributed by atoms with Gasteiger partial charge in [-0.05, 0) is 42.9 Å². The normalized spacial score (nSPS) is 12.2. The fraction of sp³-hybridized carbons (Fsp3) is 0.611. The minimum absolute atomic E-state index is 0.0464. The molecule has 0 N–H and O–H groups in total. The van der Waals surface area contributed by atoms with E-state index >= 15 is 0 Å². The monoisotopic (exact) mass is 370 g/mol. The number of carbonyl (C=O) groups is 1. The zero-order valence-corrected chi connectivity index (χ0v) is 15.4. The molecule has 0 spiro atoms. The standard InChI is InChI=1S/C18H27BrO3/c1-4-8-15(9-5-2)17(6-3)22-18(20)21-13-14-10-7-11-16(19)12-14/h7,10-12,15,17H,4-6,8-9,13H2,1-3H3/t17-/m0/s1. The smallest absolute Gasteiger partial charge is 0.431 e. The summed E-state index contributed by atoms with van der Waals surface area (Å²) in [5.74, 6) is 0.429. The molecular weight excluding hydrogens is 344 g/mol. The van der Waals surface area contributed by atoms with Crippen LogP contribution in [0.25, 0.3) is 0 Å². The molecule has 124 valence electrons. The molecule has 22 heavy (non-hydrogen) atoms. The molecule has 3 nitrogen and oxygen atoms in total. The fourth-order valence-electron chi connectivity index (χ4n) is 2.70. The molecular formula is C18H27BrO3. The van der Waals surface area contributed by atoms with Gasteiger partial charge in [-0.3, -0.25) is 0 Å². The van der Waals surface area contributed by atoms with E-state index in [4.69, 9.17) is 9.47 Å². The highest BCUT2D eigenvalue weighted by Gasteiger charge is 2.23. The summed E-state index contributed by atoms with van der Waals surface area (Å²) in [6, 6.07) is 7.71. The minimum atomic E-state index is -0.566. The average molecular weight is 371 g/mol. The maximum absolute atomic E-state index is 11.9. The van der Waals surface area contributed by atoms with Crippen LogP contribution in [0.1, 0.15) is 58.4 Å². The van der Waals surface area contributed by atoms with Gasteiger partial charge in [-0.25, -0.2) is 4.79 Å². The Labute approximate surface area is 142 Å². The Morgan fingerprint density at radius 2 is 1.86 bits per heavy atom. The van der Waals surface area contributed by atoms with Crippen LogP contribution in [0.2, 0.25) is 0 Å². The van der Waals surface area contributed by atoms with Gasteiger partial charge in [0.05, 0.1) is 0 Å². The average Bonchev–Trinajstić information content (AvgIpc) is 2.50. The minimum Gasteiger partial charge on any atom is -0.431 e. The molecule has 0 fully saturated rings. The third kappa shape index (κ3) is 6.82. The first-order valence-electron chi connectivity index (χ1n) is 8.18. The van der Waals surface area contributed by atoms with Gasteiger partial charge >= 0.3 is 6.16 Å². The summed E-state index contributed by atoms with van der Waals surface area (Å²) in [6.45, 7) is 6.63. The van der Waals surface area contributed by atoms with E-state index in [1.165, 1.54) is 0 Å². The number of carbonyl (C=O) groups excluding carboxylic acids is 1. The van der Waals surface area contributed by atoms with Crippen molar-refractivity contribution in [1.82, 2.24) is 0 Å². The first-order valence-corrected chi connectivity index (χ1v) is 8.97. The fourth-order valence-corrected chi connectivity index (χ4v) is 3.14. The highest BCUT2D eigenvalue weighted by molar-refractivity contribution is 9.10.